The number of hydrogen-bond acceptors (Lipinski definition) is 3. The van der Waals surface area contributed by atoms with Gasteiger partial charge in [0.15, 0.2) is 0 Å². The summed E-state index contributed by atoms with van der Waals surface area (Å²) in [6.45, 7) is 8.83. The van der Waals surface area contributed by atoms with Gasteiger partial charge in [-0.2, -0.15) is 0 Å². The lowest BCUT2D eigenvalue weighted by molar-refractivity contribution is 0.0383. The van der Waals surface area contributed by atoms with Crippen molar-refractivity contribution in [2.45, 2.75) is 52.2 Å². The highest BCUT2D eigenvalue weighted by atomic mass is 16.3. The number of benzene rings is 1. The Balaban J connectivity index is 1.89. The van der Waals surface area contributed by atoms with Crippen LogP contribution >= 0.6 is 0 Å². The van der Waals surface area contributed by atoms with Crippen molar-refractivity contribution in [1.82, 2.24) is 5.32 Å². The summed E-state index contributed by atoms with van der Waals surface area (Å²) < 4.78 is 0. The van der Waals surface area contributed by atoms with Crippen LogP contribution in [0.15, 0.2) is 18.2 Å². The fourth-order valence-corrected chi connectivity index (χ4v) is 3.38. The van der Waals surface area contributed by atoms with Crippen molar-refractivity contribution in [2.24, 2.45) is 5.92 Å². The molecule has 1 atom stereocenters. The van der Waals surface area contributed by atoms with E-state index in [1.807, 2.05) is 6.92 Å². The number of nitrogens with one attached hydrogen (secondary N) is 1. The van der Waals surface area contributed by atoms with Gasteiger partial charge in [-0.05, 0) is 49.3 Å². The molecule has 0 bridgehead atoms. The average molecular weight is 290 g/mol. The number of aliphatic hydroxyl groups is 1. The highest BCUT2D eigenvalue weighted by Crippen LogP contribution is 2.26. The molecule has 3 nitrogen and oxygen atoms in total. The molecular weight excluding hydrogens is 260 g/mol. The molecule has 0 saturated heterocycles. The first-order valence-electron chi connectivity index (χ1n) is 8.13. The third-order valence-electron chi connectivity index (χ3n) is 4.18. The molecule has 2 rings (SSSR count). The lowest BCUT2D eigenvalue weighted by Gasteiger charge is -2.28. The van der Waals surface area contributed by atoms with Gasteiger partial charge < -0.3 is 15.3 Å². The van der Waals surface area contributed by atoms with E-state index in [0.29, 0.717) is 12.5 Å². The Hall–Kier alpha value is -1.06. The summed E-state index contributed by atoms with van der Waals surface area (Å²) >= 11 is 0. The van der Waals surface area contributed by atoms with Gasteiger partial charge in [0.1, 0.15) is 0 Å². The maximum atomic E-state index is 10.3. The number of anilines is 1. The van der Waals surface area contributed by atoms with Gasteiger partial charge in [0, 0.05) is 32.4 Å². The molecule has 118 valence electrons. The number of hydrogen-bond donors (Lipinski definition) is 2. The second-order valence-electron chi connectivity index (χ2n) is 7.19. The van der Waals surface area contributed by atoms with Crippen LogP contribution in [0, 0.1) is 5.92 Å². The zero-order valence-electron chi connectivity index (χ0n) is 13.9. The zero-order valence-corrected chi connectivity index (χ0v) is 13.9. The molecule has 0 saturated carbocycles. The lowest BCUT2D eigenvalue weighted by atomic mass is 9.94. The molecule has 0 spiro atoms. The van der Waals surface area contributed by atoms with Gasteiger partial charge in [-0.3, -0.25) is 0 Å². The van der Waals surface area contributed by atoms with Crippen molar-refractivity contribution in [3.8, 4) is 0 Å². The van der Waals surface area contributed by atoms with E-state index in [2.05, 4.69) is 49.3 Å². The summed E-state index contributed by atoms with van der Waals surface area (Å²) in [6.07, 6.45) is 3.25. The smallest absolute Gasteiger partial charge is 0.0746 e. The van der Waals surface area contributed by atoms with Crippen molar-refractivity contribution in [2.75, 3.05) is 25.0 Å². The molecule has 0 fully saturated rings. The van der Waals surface area contributed by atoms with E-state index in [9.17, 15) is 5.11 Å². The topological polar surface area (TPSA) is 35.5 Å². The summed E-state index contributed by atoms with van der Waals surface area (Å²) in [5, 5.41) is 13.7. The highest BCUT2D eigenvalue weighted by Gasteiger charge is 2.21. The Morgan fingerprint density at radius 2 is 2.14 bits per heavy atom. The molecule has 3 heteroatoms. The molecule has 1 unspecified atom stereocenters. The monoisotopic (exact) mass is 290 g/mol. The summed E-state index contributed by atoms with van der Waals surface area (Å²) in [5.74, 6) is 0.515. The Kier molecular flexibility index (Phi) is 5.28. The first kappa shape index (κ1) is 16.3. The van der Waals surface area contributed by atoms with Crippen LogP contribution in [0.25, 0.3) is 0 Å². The standard InChI is InChI=1S/C18H30N2O/c1-14(2)11-18(3,21)13-19-12-15-7-8-17-16(10-15)6-5-9-20(17)4/h7-8,10,14,19,21H,5-6,9,11-13H2,1-4H3. The summed E-state index contributed by atoms with van der Waals surface area (Å²) in [7, 11) is 2.17. The van der Waals surface area contributed by atoms with Crippen LogP contribution < -0.4 is 10.2 Å². The Morgan fingerprint density at radius 1 is 1.38 bits per heavy atom. The minimum Gasteiger partial charge on any atom is -0.389 e. The van der Waals surface area contributed by atoms with Gasteiger partial charge >= 0.3 is 0 Å². The summed E-state index contributed by atoms with van der Waals surface area (Å²) in [6, 6.07) is 6.75. The molecule has 0 radical (unpaired) electrons. The van der Waals surface area contributed by atoms with Gasteiger partial charge in [0.05, 0.1) is 5.60 Å². The number of nitrogens with zero attached hydrogens (tertiary/aromatic N) is 1. The molecule has 1 aliphatic heterocycles. The number of aryl methyl sites for hydroxylation is 1. The van der Waals surface area contributed by atoms with Crippen LogP contribution in [0.5, 0.6) is 0 Å². The van der Waals surface area contributed by atoms with Gasteiger partial charge in [-0.1, -0.05) is 26.0 Å². The van der Waals surface area contributed by atoms with Crippen LogP contribution in [0.3, 0.4) is 0 Å². The molecule has 1 aromatic rings. The minimum atomic E-state index is -0.622. The lowest BCUT2D eigenvalue weighted by Crippen LogP contribution is -2.38. The van der Waals surface area contributed by atoms with E-state index in [1.54, 1.807) is 0 Å². The fourth-order valence-electron chi connectivity index (χ4n) is 3.38. The van der Waals surface area contributed by atoms with Crippen molar-refractivity contribution < 1.29 is 5.11 Å². The molecule has 1 aliphatic rings. The molecule has 1 heterocycles. The van der Waals surface area contributed by atoms with Crippen LogP contribution in [0.4, 0.5) is 5.69 Å². The molecule has 0 amide bonds. The Labute approximate surface area is 129 Å². The van der Waals surface area contributed by atoms with E-state index in [1.165, 1.54) is 29.7 Å². The van der Waals surface area contributed by atoms with E-state index in [-0.39, 0.29) is 0 Å². The second-order valence-corrected chi connectivity index (χ2v) is 7.19. The quantitative estimate of drug-likeness (QED) is 0.845. The number of rotatable bonds is 6. The summed E-state index contributed by atoms with van der Waals surface area (Å²) in [4.78, 5) is 2.34. The van der Waals surface area contributed by atoms with Gasteiger partial charge in [-0.25, -0.2) is 0 Å². The van der Waals surface area contributed by atoms with Crippen LogP contribution in [-0.4, -0.2) is 30.8 Å². The van der Waals surface area contributed by atoms with E-state index < -0.39 is 5.60 Å². The van der Waals surface area contributed by atoms with Gasteiger partial charge in [-0.15, -0.1) is 0 Å². The first-order chi connectivity index (χ1) is 9.87. The highest BCUT2D eigenvalue weighted by molar-refractivity contribution is 5.56. The molecule has 1 aromatic carbocycles. The average Bonchev–Trinajstić information content (AvgIpc) is 2.37. The first-order valence-corrected chi connectivity index (χ1v) is 8.13. The summed E-state index contributed by atoms with van der Waals surface area (Å²) in [5.41, 5.74) is 3.51. The Bertz CT molecular complexity index is 468. The van der Waals surface area contributed by atoms with Gasteiger partial charge in [0.2, 0.25) is 0 Å². The predicted molar refractivity (Wildman–Crippen MR) is 89.8 cm³/mol. The SMILES string of the molecule is CC(C)CC(C)(O)CNCc1ccc2c(c1)CCCN2C. The maximum absolute atomic E-state index is 10.3. The Morgan fingerprint density at radius 3 is 2.86 bits per heavy atom. The van der Waals surface area contributed by atoms with Crippen molar-refractivity contribution in [1.29, 1.82) is 0 Å². The van der Waals surface area contributed by atoms with Crippen LogP contribution in [0.1, 0.15) is 44.7 Å². The zero-order chi connectivity index (χ0) is 15.5. The third kappa shape index (κ3) is 4.72. The van der Waals surface area contributed by atoms with Crippen molar-refractivity contribution in [3.63, 3.8) is 0 Å². The molecule has 0 aromatic heterocycles. The van der Waals surface area contributed by atoms with E-state index in [4.69, 9.17) is 0 Å². The maximum Gasteiger partial charge on any atom is 0.0746 e. The minimum absolute atomic E-state index is 0.515. The predicted octanol–water partition coefficient (Wildman–Crippen LogP) is 2.96. The largest absolute Gasteiger partial charge is 0.389 e. The van der Waals surface area contributed by atoms with E-state index in [0.717, 1.165) is 19.5 Å². The van der Waals surface area contributed by atoms with Crippen molar-refractivity contribution >= 4 is 5.69 Å². The third-order valence-corrected chi connectivity index (χ3v) is 4.18. The molecular formula is C18H30N2O. The molecule has 2 N–H and O–H groups in total. The molecule has 0 aliphatic carbocycles. The van der Waals surface area contributed by atoms with Crippen molar-refractivity contribution in [3.05, 3.63) is 29.3 Å². The van der Waals surface area contributed by atoms with Crippen LogP contribution in [0.2, 0.25) is 0 Å². The van der Waals surface area contributed by atoms with E-state index >= 15 is 0 Å². The van der Waals surface area contributed by atoms with Gasteiger partial charge in [0.25, 0.3) is 0 Å². The van der Waals surface area contributed by atoms with Crippen LogP contribution in [-0.2, 0) is 13.0 Å². The molecule has 21 heavy (non-hydrogen) atoms. The second kappa shape index (κ2) is 6.80. The fraction of sp³-hybridized carbons (Fsp3) is 0.667. The number of fused-ring (bicyclic) bond motifs is 1. The normalized spacial score (nSPS) is 17.7.